The Hall–Kier alpha value is 0.890. The number of imide groups is 1. The maximum Gasteiger partial charge on any atom is 0.242 e. The van der Waals surface area contributed by atoms with Crippen LogP contribution in [-0.2, 0) is 9.59 Å². The van der Waals surface area contributed by atoms with Crippen LogP contribution in [0.25, 0.3) is 0 Å². The molecule has 8 heteroatoms. The summed E-state index contributed by atoms with van der Waals surface area (Å²) in [5, 5.41) is 1.24. The Morgan fingerprint density at radius 2 is 1.91 bits per heavy atom. The van der Waals surface area contributed by atoms with Gasteiger partial charge >= 0.3 is 0 Å². The number of likely N-dealkylation sites (tertiary alicyclic amines) is 1. The van der Waals surface area contributed by atoms with Crippen molar-refractivity contribution in [1.29, 1.82) is 0 Å². The minimum Gasteiger partial charge on any atom is -0.282 e. The summed E-state index contributed by atoms with van der Waals surface area (Å²) in [5.74, 6) is 0.992. The lowest BCUT2D eigenvalue weighted by Gasteiger charge is -2.24. The topological polar surface area (TPSA) is 37.4 Å². The highest BCUT2D eigenvalue weighted by atomic mass is 33.1. The van der Waals surface area contributed by atoms with Crippen molar-refractivity contribution in [3.63, 3.8) is 0 Å². The van der Waals surface area contributed by atoms with Gasteiger partial charge < -0.3 is 0 Å². The smallest absolute Gasteiger partial charge is 0.242 e. The molecule has 22 heavy (non-hydrogen) atoms. The molecule has 0 aromatic heterocycles. The van der Waals surface area contributed by atoms with Crippen molar-refractivity contribution in [1.82, 2.24) is 4.90 Å². The van der Waals surface area contributed by atoms with Crippen LogP contribution in [-0.4, -0.2) is 56.3 Å². The zero-order chi connectivity index (χ0) is 16.7. The molecule has 1 heterocycles. The van der Waals surface area contributed by atoms with E-state index in [9.17, 15) is 9.59 Å². The SMILES string of the molecule is CCN1C(=O)CC(S[C@@H](CSSC)[C@H](C)SSC(C)C)C1=O. The fraction of sp³-hybridized carbons (Fsp3) is 0.857. The number of carbonyl (C=O) groups excluding carboxylic acids is 2. The maximum absolute atomic E-state index is 12.3. The first-order valence-electron chi connectivity index (χ1n) is 7.38. The number of carbonyl (C=O) groups is 2. The predicted octanol–water partition coefficient (Wildman–Crippen LogP) is 4.43. The number of thioether (sulfide) groups is 1. The summed E-state index contributed by atoms with van der Waals surface area (Å²) in [6.07, 6.45) is 2.45. The molecule has 0 radical (unpaired) electrons. The molecule has 0 aromatic carbocycles. The van der Waals surface area contributed by atoms with Gasteiger partial charge in [-0.1, -0.05) is 63.9 Å². The van der Waals surface area contributed by atoms with E-state index in [1.165, 1.54) is 4.90 Å². The molecule has 128 valence electrons. The van der Waals surface area contributed by atoms with Gasteiger partial charge in [-0.05, 0) is 13.2 Å². The Kier molecular flexibility index (Phi) is 10.2. The quantitative estimate of drug-likeness (QED) is 0.397. The van der Waals surface area contributed by atoms with Gasteiger partial charge in [-0.3, -0.25) is 14.5 Å². The van der Waals surface area contributed by atoms with Crippen LogP contribution >= 0.6 is 54.9 Å². The minimum atomic E-state index is -0.188. The van der Waals surface area contributed by atoms with Gasteiger partial charge in [0.2, 0.25) is 11.8 Å². The van der Waals surface area contributed by atoms with E-state index in [4.69, 9.17) is 0 Å². The van der Waals surface area contributed by atoms with Crippen molar-refractivity contribution in [3.05, 3.63) is 0 Å². The number of rotatable bonds is 10. The Labute approximate surface area is 154 Å². The summed E-state index contributed by atoms with van der Waals surface area (Å²) in [6.45, 7) is 8.98. The predicted molar refractivity (Wildman–Crippen MR) is 108 cm³/mol. The van der Waals surface area contributed by atoms with Crippen LogP contribution in [0.1, 0.15) is 34.1 Å². The molecule has 1 aliphatic heterocycles. The molecular weight excluding hydrogens is 374 g/mol. The van der Waals surface area contributed by atoms with E-state index < -0.39 is 0 Å². The lowest BCUT2D eigenvalue weighted by molar-refractivity contribution is -0.137. The molecule has 0 N–H and O–H groups in total. The number of amides is 2. The summed E-state index contributed by atoms with van der Waals surface area (Å²) in [7, 11) is 7.38. The second-order valence-electron chi connectivity index (χ2n) is 5.24. The highest BCUT2D eigenvalue weighted by Gasteiger charge is 2.40. The molecule has 0 bridgehead atoms. The van der Waals surface area contributed by atoms with Crippen LogP contribution in [0.4, 0.5) is 0 Å². The largest absolute Gasteiger partial charge is 0.282 e. The molecule has 1 unspecified atom stereocenters. The van der Waals surface area contributed by atoms with Crippen molar-refractivity contribution in [2.45, 2.75) is 55.1 Å². The van der Waals surface area contributed by atoms with Gasteiger partial charge in [-0.2, -0.15) is 0 Å². The van der Waals surface area contributed by atoms with Gasteiger partial charge in [0, 0.05) is 34.5 Å². The van der Waals surface area contributed by atoms with E-state index in [2.05, 4.69) is 27.0 Å². The molecule has 1 fully saturated rings. The normalized spacial score (nSPS) is 21.7. The van der Waals surface area contributed by atoms with Gasteiger partial charge in [0.15, 0.2) is 0 Å². The molecule has 1 saturated heterocycles. The summed E-state index contributed by atoms with van der Waals surface area (Å²) in [6, 6.07) is 0. The monoisotopic (exact) mass is 399 g/mol. The van der Waals surface area contributed by atoms with Crippen LogP contribution < -0.4 is 0 Å². The molecule has 2 amide bonds. The molecule has 0 aliphatic carbocycles. The van der Waals surface area contributed by atoms with E-state index in [-0.39, 0.29) is 17.1 Å². The number of hydrogen-bond donors (Lipinski definition) is 0. The van der Waals surface area contributed by atoms with Gasteiger partial charge in [0.25, 0.3) is 0 Å². The molecular formula is C14H25NO2S5. The average Bonchev–Trinajstić information content (AvgIpc) is 2.74. The lowest BCUT2D eigenvalue weighted by Crippen LogP contribution is -2.32. The van der Waals surface area contributed by atoms with Crippen LogP contribution in [0, 0.1) is 0 Å². The van der Waals surface area contributed by atoms with Gasteiger partial charge in [-0.25, -0.2) is 0 Å². The highest BCUT2D eigenvalue weighted by molar-refractivity contribution is 8.77. The zero-order valence-electron chi connectivity index (χ0n) is 13.7. The molecule has 0 aromatic rings. The Morgan fingerprint density at radius 3 is 2.41 bits per heavy atom. The fourth-order valence-corrected chi connectivity index (χ4v) is 8.20. The van der Waals surface area contributed by atoms with Crippen LogP contribution in [0.5, 0.6) is 0 Å². The van der Waals surface area contributed by atoms with Gasteiger partial charge in [0.05, 0.1) is 5.25 Å². The lowest BCUT2D eigenvalue weighted by atomic mass is 10.3. The van der Waals surface area contributed by atoms with Crippen molar-refractivity contribution in [2.24, 2.45) is 0 Å². The summed E-state index contributed by atoms with van der Waals surface area (Å²) < 4.78 is 0. The Balaban J connectivity index is 2.64. The summed E-state index contributed by atoms with van der Waals surface area (Å²) in [5.41, 5.74) is 0. The second kappa shape index (κ2) is 10.7. The van der Waals surface area contributed by atoms with Crippen molar-refractivity contribution in [3.8, 4) is 0 Å². The first-order chi connectivity index (χ1) is 10.4. The third-order valence-corrected chi connectivity index (χ3v) is 10.5. The van der Waals surface area contributed by atoms with Crippen molar-refractivity contribution in [2.75, 3.05) is 18.6 Å². The van der Waals surface area contributed by atoms with Gasteiger partial charge in [-0.15, -0.1) is 11.8 Å². The van der Waals surface area contributed by atoms with Gasteiger partial charge in [0.1, 0.15) is 0 Å². The van der Waals surface area contributed by atoms with E-state index in [0.29, 0.717) is 28.7 Å². The Morgan fingerprint density at radius 1 is 1.23 bits per heavy atom. The molecule has 1 rings (SSSR count). The minimum absolute atomic E-state index is 0.00497. The zero-order valence-corrected chi connectivity index (χ0v) is 17.8. The molecule has 0 saturated carbocycles. The third kappa shape index (κ3) is 6.42. The summed E-state index contributed by atoms with van der Waals surface area (Å²) >= 11 is 1.70. The van der Waals surface area contributed by atoms with E-state index >= 15 is 0 Å². The molecule has 3 nitrogen and oxygen atoms in total. The number of hydrogen-bond acceptors (Lipinski definition) is 7. The fourth-order valence-electron chi connectivity index (χ4n) is 1.98. The molecule has 0 spiro atoms. The van der Waals surface area contributed by atoms with Crippen molar-refractivity contribution < 1.29 is 9.59 Å². The molecule has 1 aliphatic rings. The standard InChI is InChI=1S/C14H25NO2S5/c1-6-15-13(16)7-11(14(15)17)20-12(8-19-18-5)10(4)22-21-9(2)3/h9-12H,6-8H2,1-5H3/t10-,11?,12-/m0/s1. The highest BCUT2D eigenvalue weighted by Crippen LogP contribution is 2.40. The van der Waals surface area contributed by atoms with E-state index in [0.717, 1.165) is 5.75 Å². The van der Waals surface area contributed by atoms with Crippen LogP contribution in [0.3, 0.4) is 0 Å². The summed E-state index contributed by atoms with van der Waals surface area (Å²) in [4.78, 5) is 25.6. The first-order valence-corrected chi connectivity index (χ1v) is 13.3. The van der Waals surface area contributed by atoms with E-state index in [1.54, 1.807) is 22.6 Å². The van der Waals surface area contributed by atoms with Crippen LogP contribution in [0.15, 0.2) is 0 Å². The van der Waals surface area contributed by atoms with E-state index in [1.807, 2.05) is 39.3 Å². The second-order valence-corrected chi connectivity index (χ2v) is 12.5. The number of nitrogens with zero attached hydrogens (tertiary/aromatic N) is 1. The van der Waals surface area contributed by atoms with Crippen molar-refractivity contribution >= 4 is 66.8 Å². The average molecular weight is 400 g/mol. The third-order valence-electron chi connectivity index (χ3n) is 3.13. The van der Waals surface area contributed by atoms with Crippen LogP contribution in [0.2, 0.25) is 0 Å². The first kappa shape index (κ1) is 20.9. The maximum atomic E-state index is 12.3. The Bertz CT molecular complexity index is 380. The molecule has 3 atom stereocenters.